The first-order valence-corrected chi connectivity index (χ1v) is 8.01. The van der Waals surface area contributed by atoms with Crippen LogP contribution in [0.3, 0.4) is 0 Å². The van der Waals surface area contributed by atoms with Crippen LogP contribution in [0.5, 0.6) is 0 Å². The Hall–Kier alpha value is -2.61. The minimum absolute atomic E-state index is 0.101. The second kappa shape index (κ2) is 4.95. The summed E-state index contributed by atoms with van der Waals surface area (Å²) in [7, 11) is 0. The molecule has 1 atom stereocenters. The summed E-state index contributed by atoms with van der Waals surface area (Å²) in [5.41, 5.74) is 3.10. The number of nitrogens with zero attached hydrogens (tertiary/aromatic N) is 6. The van der Waals surface area contributed by atoms with E-state index >= 15 is 0 Å². The second-order valence-corrected chi connectivity index (χ2v) is 6.00. The first kappa shape index (κ1) is 12.9. The molecule has 0 aliphatic carbocycles. The van der Waals surface area contributed by atoms with E-state index in [1.807, 2.05) is 28.5 Å². The Bertz CT molecular complexity index is 718. The number of hydrogen-bond donors (Lipinski definition) is 2. The van der Waals surface area contributed by atoms with Gasteiger partial charge in [-0.2, -0.15) is 5.12 Å². The smallest absolute Gasteiger partial charge is 0.190 e. The zero-order chi connectivity index (χ0) is 15.2. The Morgan fingerprint density at radius 2 is 1.96 bits per heavy atom. The number of hydrogen-bond acceptors (Lipinski definition) is 8. The zero-order valence-corrected chi connectivity index (χ0v) is 12.7. The Balaban J connectivity index is 1.63. The average molecular weight is 310 g/mol. The van der Waals surface area contributed by atoms with E-state index in [2.05, 4.69) is 43.2 Å². The standard InChI is InChI=1S/C15H18N8/c1-2-6-13-12(5-1)18-14-11(9-16-10-17-14)15-22(13)19-20-23(15)21-7-3-4-8-21/h1-2,5-6,9,15,17-18H,3-4,7-8,10H2. The first-order valence-electron chi connectivity index (χ1n) is 8.01. The van der Waals surface area contributed by atoms with Gasteiger partial charge in [0.25, 0.3) is 0 Å². The van der Waals surface area contributed by atoms with Crippen molar-refractivity contribution in [1.29, 1.82) is 0 Å². The highest BCUT2D eigenvalue weighted by molar-refractivity contribution is 5.87. The molecule has 1 aromatic carbocycles. The predicted octanol–water partition coefficient (Wildman–Crippen LogP) is 1.70. The summed E-state index contributed by atoms with van der Waals surface area (Å²) in [5, 5.41) is 22.0. The Kier molecular flexibility index (Phi) is 2.77. The molecule has 1 fully saturated rings. The number of para-hydroxylation sites is 2. The molecule has 118 valence electrons. The summed E-state index contributed by atoms with van der Waals surface area (Å²) in [6.07, 6.45) is 4.23. The topological polar surface area (TPSA) is 70.9 Å². The third kappa shape index (κ3) is 1.91. The summed E-state index contributed by atoms with van der Waals surface area (Å²) < 4.78 is 0. The lowest BCUT2D eigenvalue weighted by molar-refractivity contribution is -0.0159. The van der Waals surface area contributed by atoms with Crippen LogP contribution < -0.4 is 15.6 Å². The van der Waals surface area contributed by atoms with E-state index in [4.69, 9.17) is 0 Å². The molecule has 5 rings (SSSR count). The molecule has 1 unspecified atom stereocenters. The quantitative estimate of drug-likeness (QED) is 0.826. The van der Waals surface area contributed by atoms with Crippen LogP contribution in [0, 0.1) is 0 Å². The van der Waals surface area contributed by atoms with Crippen molar-refractivity contribution in [1.82, 2.24) is 15.4 Å². The van der Waals surface area contributed by atoms with Crippen LogP contribution >= 0.6 is 0 Å². The van der Waals surface area contributed by atoms with Crippen molar-refractivity contribution in [2.45, 2.75) is 19.0 Å². The van der Waals surface area contributed by atoms with Crippen LogP contribution in [0.25, 0.3) is 0 Å². The molecule has 1 aromatic rings. The van der Waals surface area contributed by atoms with Gasteiger partial charge in [-0.05, 0) is 35.4 Å². The van der Waals surface area contributed by atoms with E-state index in [1.165, 1.54) is 12.8 Å². The number of benzene rings is 1. The molecule has 23 heavy (non-hydrogen) atoms. The number of anilines is 2. The van der Waals surface area contributed by atoms with Gasteiger partial charge in [0.1, 0.15) is 12.5 Å². The molecule has 0 amide bonds. The van der Waals surface area contributed by atoms with Gasteiger partial charge in [-0.15, -0.1) is 0 Å². The normalized spacial score (nSPS) is 25.7. The largest absolute Gasteiger partial charge is 0.352 e. The maximum atomic E-state index is 4.46. The van der Waals surface area contributed by atoms with Crippen molar-refractivity contribution in [3.8, 4) is 0 Å². The van der Waals surface area contributed by atoms with Gasteiger partial charge in [-0.25, -0.2) is 10.0 Å². The van der Waals surface area contributed by atoms with Gasteiger partial charge < -0.3 is 10.6 Å². The molecule has 4 aliphatic rings. The Morgan fingerprint density at radius 1 is 1.09 bits per heavy atom. The summed E-state index contributed by atoms with van der Waals surface area (Å²) in [5.74, 6) is 0.983. The van der Waals surface area contributed by atoms with E-state index in [0.717, 1.165) is 35.9 Å². The van der Waals surface area contributed by atoms with E-state index in [-0.39, 0.29) is 6.17 Å². The molecule has 0 aromatic heterocycles. The SMILES string of the molecule is C1=NCNC2=C1C1N(N=NN1N1CCCC1)c1ccccc1N2. The van der Waals surface area contributed by atoms with Crippen LogP contribution in [0.4, 0.5) is 11.4 Å². The molecule has 8 heteroatoms. The average Bonchev–Trinajstić information content (AvgIpc) is 3.22. The Morgan fingerprint density at radius 3 is 2.87 bits per heavy atom. The van der Waals surface area contributed by atoms with Gasteiger partial charge in [0, 0.05) is 19.3 Å². The van der Waals surface area contributed by atoms with E-state index in [0.29, 0.717) is 6.67 Å². The Labute approximate surface area is 134 Å². The summed E-state index contributed by atoms with van der Waals surface area (Å²) in [6.45, 7) is 2.62. The summed E-state index contributed by atoms with van der Waals surface area (Å²) >= 11 is 0. The number of aliphatic imine (C=N–C) groups is 1. The van der Waals surface area contributed by atoms with Crippen LogP contribution in [-0.4, -0.2) is 42.3 Å². The molecule has 0 radical (unpaired) electrons. The van der Waals surface area contributed by atoms with Gasteiger partial charge in [0.15, 0.2) is 6.17 Å². The maximum absolute atomic E-state index is 4.46. The molecule has 0 spiro atoms. The monoisotopic (exact) mass is 310 g/mol. The predicted molar refractivity (Wildman–Crippen MR) is 87.4 cm³/mol. The van der Waals surface area contributed by atoms with Crippen molar-refractivity contribution in [3.63, 3.8) is 0 Å². The third-order valence-corrected chi connectivity index (χ3v) is 4.61. The molecule has 4 aliphatic heterocycles. The van der Waals surface area contributed by atoms with Gasteiger partial charge >= 0.3 is 0 Å². The van der Waals surface area contributed by atoms with Gasteiger partial charge in [-0.3, -0.25) is 4.99 Å². The molecule has 0 bridgehead atoms. The van der Waals surface area contributed by atoms with E-state index in [9.17, 15) is 0 Å². The number of hydrazine groups is 1. The fourth-order valence-electron chi connectivity index (χ4n) is 3.49. The fourth-order valence-corrected chi connectivity index (χ4v) is 3.49. The van der Waals surface area contributed by atoms with Crippen LogP contribution in [0.15, 0.2) is 51.1 Å². The lowest BCUT2D eigenvalue weighted by Gasteiger charge is -2.33. The van der Waals surface area contributed by atoms with Crippen LogP contribution in [-0.2, 0) is 0 Å². The minimum Gasteiger partial charge on any atom is -0.352 e. The molecule has 0 saturated carbocycles. The van der Waals surface area contributed by atoms with Crippen molar-refractivity contribution in [2.24, 2.45) is 15.4 Å². The van der Waals surface area contributed by atoms with Crippen molar-refractivity contribution >= 4 is 17.6 Å². The summed E-state index contributed by atoms with van der Waals surface area (Å²) in [6, 6.07) is 8.17. The van der Waals surface area contributed by atoms with Crippen molar-refractivity contribution in [3.05, 3.63) is 35.7 Å². The molecular weight excluding hydrogens is 292 g/mol. The minimum atomic E-state index is -0.101. The van der Waals surface area contributed by atoms with Crippen LogP contribution in [0.1, 0.15) is 12.8 Å². The van der Waals surface area contributed by atoms with E-state index in [1.54, 1.807) is 0 Å². The first-order chi connectivity index (χ1) is 11.4. The lowest BCUT2D eigenvalue weighted by atomic mass is 10.2. The zero-order valence-electron chi connectivity index (χ0n) is 12.7. The third-order valence-electron chi connectivity index (χ3n) is 4.61. The van der Waals surface area contributed by atoms with Crippen molar-refractivity contribution < 1.29 is 0 Å². The highest BCUT2D eigenvalue weighted by Crippen LogP contribution is 2.39. The maximum Gasteiger partial charge on any atom is 0.190 e. The lowest BCUT2D eigenvalue weighted by Crippen LogP contribution is -2.49. The molecular formula is C15H18N8. The van der Waals surface area contributed by atoms with Crippen LogP contribution in [0.2, 0.25) is 0 Å². The highest BCUT2D eigenvalue weighted by atomic mass is 15.9. The molecule has 1 saturated heterocycles. The highest BCUT2D eigenvalue weighted by Gasteiger charge is 2.42. The van der Waals surface area contributed by atoms with Gasteiger partial charge in [0.2, 0.25) is 0 Å². The molecule has 4 heterocycles. The molecule has 8 nitrogen and oxygen atoms in total. The van der Waals surface area contributed by atoms with Crippen molar-refractivity contribution in [2.75, 3.05) is 30.1 Å². The summed E-state index contributed by atoms with van der Waals surface area (Å²) in [4.78, 5) is 4.40. The fraction of sp³-hybridized carbons (Fsp3) is 0.400. The number of fused-ring (bicyclic) bond motifs is 4. The van der Waals surface area contributed by atoms with Gasteiger partial charge in [-0.1, -0.05) is 12.1 Å². The number of rotatable bonds is 1. The second-order valence-electron chi connectivity index (χ2n) is 6.00. The number of nitrogens with one attached hydrogen (secondary N) is 2. The van der Waals surface area contributed by atoms with Gasteiger partial charge in [0.05, 0.1) is 16.9 Å². The van der Waals surface area contributed by atoms with E-state index < -0.39 is 0 Å². The molecule has 2 N–H and O–H groups in total.